The molecule has 1 aliphatic heterocycles. The summed E-state index contributed by atoms with van der Waals surface area (Å²) in [6.45, 7) is 5.39. The van der Waals surface area contributed by atoms with Crippen molar-refractivity contribution < 1.29 is 4.79 Å². The molecular weight excluding hydrogens is 326 g/mol. The molecule has 1 aromatic rings. The summed E-state index contributed by atoms with van der Waals surface area (Å²) >= 11 is 3.77. The number of rotatable bonds is 4. The van der Waals surface area contributed by atoms with Crippen molar-refractivity contribution in [2.24, 2.45) is 11.8 Å². The summed E-state index contributed by atoms with van der Waals surface area (Å²) in [7, 11) is 0. The summed E-state index contributed by atoms with van der Waals surface area (Å²) in [5, 5.41) is 0. The van der Waals surface area contributed by atoms with E-state index in [1.807, 2.05) is 4.90 Å². The van der Waals surface area contributed by atoms with Crippen LogP contribution in [-0.2, 0) is 17.6 Å². The van der Waals surface area contributed by atoms with Crippen LogP contribution in [0, 0.1) is 11.8 Å². The molecule has 2 aliphatic rings. The molecule has 0 aromatic heterocycles. The first-order chi connectivity index (χ1) is 10.1. The Labute approximate surface area is 136 Å². The third-order valence-electron chi connectivity index (χ3n) is 4.61. The molecule has 1 amide bonds. The van der Waals surface area contributed by atoms with Crippen molar-refractivity contribution in [1.29, 1.82) is 0 Å². The Morgan fingerprint density at radius 2 is 2.14 bits per heavy atom. The summed E-state index contributed by atoms with van der Waals surface area (Å²) in [6, 6.07) is 6.69. The van der Waals surface area contributed by atoms with Crippen LogP contribution < -0.4 is 4.90 Å². The number of nitrogens with zero attached hydrogens (tertiary/aromatic N) is 1. The molecule has 1 fully saturated rings. The molecule has 1 aromatic carbocycles. The van der Waals surface area contributed by atoms with Crippen molar-refractivity contribution in [2.75, 3.05) is 11.4 Å². The number of anilines is 1. The van der Waals surface area contributed by atoms with Gasteiger partial charge in [-0.1, -0.05) is 41.9 Å². The maximum atomic E-state index is 12.4. The summed E-state index contributed by atoms with van der Waals surface area (Å²) in [5.74, 6) is 1.29. The lowest BCUT2D eigenvalue weighted by Gasteiger charge is -2.30. The smallest absolute Gasteiger partial charge is 0.230 e. The lowest BCUT2D eigenvalue weighted by Crippen LogP contribution is -2.36. The minimum Gasteiger partial charge on any atom is -0.312 e. The first-order valence-electron chi connectivity index (χ1n) is 8.13. The zero-order valence-electron chi connectivity index (χ0n) is 12.9. The largest absolute Gasteiger partial charge is 0.312 e. The van der Waals surface area contributed by atoms with Crippen molar-refractivity contribution in [3.63, 3.8) is 0 Å². The Balaban J connectivity index is 1.80. The normalized spacial score (nSPS) is 19.5. The summed E-state index contributed by atoms with van der Waals surface area (Å²) < 4.78 is 0. The van der Waals surface area contributed by atoms with Gasteiger partial charge in [-0.2, -0.15) is 0 Å². The molecule has 0 spiro atoms. The van der Waals surface area contributed by atoms with Crippen molar-refractivity contribution >= 4 is 27.5 Å². The van der Waals surface area contributed by atoms with Gasteiger partial charge in [-0.3, -0.25) is 4.79 Å². The van der Waals surface area contributed by atoms with E-state index in [0.717, 1.165) is 44.3 Å². The number of alkyl halides is 1. The van der Waals surface area contributed by atoms with E-state index in [4.69, 9.17) is 0 Å². The Bertz CT molecular complexity index is 536. The highest BCUT2D eigenvalue weighted by atomic mass is 79.9. The van der Waals surface area contributed by atoms with Crippen molar-refractivity contribution in [3.8, 4) is 0 Å². The molecule has 0 radical (unpaired) electrons. The van der Waals surface area contributed by atoms with Crippen molar-refractivity contribution in [1.82, 2.24) is 0 Å². The second-order valence-electron chi connectivity index (χ2n) is 6.79. The quantitative estimate of drug-likeness (QED) is 0.740. The SMILES string of the molecule is CC(C)C(Br)Cc1ccc2c(c1)CCCN2C(=O)C1CC1. The highest BCUT2D eigenvalue weighted by Gasteiger charge is 2.35. The van der Waals surface area contributed by atoms with Crippen LogP contribution in [0.2, 0.25) is 0 Å². The Morgan fingerprint density at radius 1 is 1.38 bits per heavy atom. The van der Waals surface area contributed by atoms with E-state index in [-0.39, 0.29) is 0 Å². The number of hydrogen-bond donors (Lipinski definition) is 0. The molecule has 0 bridgehead atoms. The molecule has 114 valence electrons. The van der Waals surface area contributed by atoms with Gasteiger partial charge in [-0.15, -0.1) is 0 Å². The third kappa shape index (κ3) is 3.33. The first kappa shape index (κ1) is 15.1. The molecular formula is C18H24BrNO. The maximum Gasteiger partial charge on any atom is 0.230 e. The third-order valence-corrected chi connectivity index (χ3v) is 5.99. The molecule has 21 heavy (non-hydrogen) atoms. The molecule has 0 N–H and O–H groups in total. The van der Waals surface area contributed by atoms with Gasteiger partial charge in [-0.25, -0.2) is 0 Å². The second-order valence-corrected chi connectivity index (χ2v) is 7.97. The minimum atomic E-state index is 0.309. The second kappa shape index (κ2) is 6.12. The van der Waals surface area contributed by atoms with E-state index >= 15 is 0 Å². The van der Waals surface area contributed by atoms with Crippen LogP contribution in [0.4, 0.5) is 5.69 Å². The number of aryl methyl sites for hydroxylation is 1. The fourth-order valence-electron chi connectivity index (χ4n) is 3.02. The van der Waals surface area contributed by atoms with Gasteiger partial charge < -0.3 is 4.90 Å². The number of carbonyl (C=O) groups is 1. The Kier molecular flexibility index (Phi) is 4.39. The lowest BCUT2D eigenvalue weighted by molar-refractivity contribution is -0.119. The van der Waals surface area contributed by atoms with E-state index in [9.17, 15) is 4.79 Å². The fourth-order valence-corrected chi connectivity index (χ4v) is 3.39. The number of carbonyl (C=O) groups excluding carboxylic acids is 1. The lowest BCUT2D eigenvalue weighted by atomic mass is 9.95. The minimum absolute atomic E-state index is 0.309. The van der Waals surface area contributed by atoms with Gasteiger partial charge in [0, 0.05) is 23.0 Å². The van der Waals surface area contributed by atoms with Crippen LogP contribution in [0.3, 0.4) is 0 Å². The number of fused-ring (bicyclic) bond motifs is 1. The Hall–Kier alpha value is -0.830. The van der Waals surface area contributed by atoms with Crippen LogP contribution in [0.15, 0.2) is 18.2 Å². The molecule has 1 atom stereocenters. The molecule has 2 nitrogen and oxygen atoms in total. The monoisotopic (exact) mass is 349 g/mol. The van der Waals surface area contributed by atoms with Gasteiger partial charge in [0.1, 0.15) is 0 Å². The molecule has 1 saturated carbocycles. The maximum absolute atomic E-state index is 12.4. The molecule has 1 heterocycles. The average Bonchev–Trinajstić information content (AvgIpc) is 3.30. The predicted molar refractivity (Wildman–Crippen MR) is 91.1 cm³/mol. The van der Waals surface area contributed by atoms with E-state index in [2.05, 4.69) is 48.0 Å². The van der Waals surface area contributed by atoms with Gasteiger partial charge in [0.2, 0.25) is 5.91 Å². The van der Waals surface area contributed by atoms with Crippen molar-refractivity contribution in [2.45, 2.75) is 50.8 Å². The molecule has 1 aliphatic carbocycles. The molecule has 3 rings (SSSR count). The van der Waals surface area contributed by atoms with Crippen LogP contribution in [0.1, 0.15) is 44.2 Å². The van der Waals surface area contributed by atoms with Crippen LogP contribution in [0.5, 0.6) is 0 Å². The van der Waals surface area contributed by atoms with Gasteiger partial charge >= 0.3 is 0 Å². The predicted octanol–water partition coefficient (Wildman–Crippen LogP) is 4.34. The van der Waals surface area contributed by atoms with E-state index in [0.29, 0.717) is 22.6 Å². The van der Waals surface area contributed by atoms with Crippen LogP contribution in [0.25, 0.3) is 0 Å². The number of halogens is 1. The number of hydrogen-bond acceptors (Lipinski definition) is 1. The van der Waals surface area contributed by atoms with Gasteiger partial charge in [0.15, 0.2) is 0 Å². The summed E-state index contributed by atoms with van der Waals surface area (Å²) in [6.07, 6.45) is 5.43. The first-order valence-corrected chi connectivity index (χ1v) is 9.05. The molecule has 3 heteroatoms. The van der Waals surface area contributed by atoms with E-state index in [1.54, 1.807) is 0 Å². The van der Waals surface area contributed by atoms with E-state index < -0.39 is 0 Å². The highest BCUT2D eigenvalue weighted by Crippen LogP contribution is 2.36. The zero-order valence-corrected chi connectivity index (χ0v) is 14.5. The highest BCUT2D eigenvalue weighted by molar-refractivity contribution is 9.09. The fraction of sp³-hybridized carbons (Fsp3) is 0.611. The van der Waals surface area contributed by atoms with Crippen LogP contribution >= 0.6 is 15.9 Å². The number of benzene rings is 1. The average molecular weight is 350 g/mol. The standard InChI is InChI=1S/C18H24BrNO/c1-12(2)16(19)11-13-5-8-17-15(10-13)4-3-9-20(17)18(21)14-6-7-14/h5,8,10,12,14,16H,3-4,6-7,9,11H2,1-2H3. The van der Waals surface area contributed by atoms with Crippen molar-refractivity contribution in [3.05, 3.63) is 29.3 Å². The summed E-state index contributed by atoms with van der Waals surface area (Å²) in [4.78, 5) is 14.9. The topological polar surface area (TPSA) is 20.3 Å². The number of amides is 1. The Morgan fingerprint density at radius 3 is 2.81 bits per heavy atom. The van der Waals surface area contributed by atoms with Gasteiger partial charge in [-0.05, 0) is 55.2 Å². The van der Waals surface area contributed by atoms with E-state index in [1.165, 1.54) is 11.1 Å². The van der Waals surface area contributed by atoms with Crippen LogP contribution in [-0.4, -0.2) is 17.3 Å². The summed E-state index contributed by atoms with van der Waals surface area (Å²) in [5.41, 5.74) is 3.90. The molecule has 1 unspecified atom stereocenters. The van der Waals surface area contributed by atoms with Gasteiger partial charge in [0.25, 0.3) is 0 Å². The van der Waals surface area contributed by atoms with Gasteiger partial charge in [0.05, 0.1) is 0 Å². The zero-order chi connectivity index (χ0) is 15.0. The molecule has 0 saturated heterocycles.